The number of fused-ring (bicyclic) bond motifs is 5. The van der Waals surface area contributed by atoms with E-state index in [1.54, 1.807) is 5.57 Å². The van der Waals surface area contributed by atoms with Gasteiger partial charge in [0, 0.05) is 13.3 Å². The van der Waals surface area contributed by atoms with Crippen LogP contribution < -0.4 is 0 Å². The molecule has 184 valence electrons. The summed E-state index contributed by atoms with van der Waals surface area (Å²) in [6, 6.07) is 0. The first kappa shape index (κ1) is 23.4. The van der Waals surface area contributed by atoms with Crippen LogP contribution in [0.1, 0.15) is 98.8 Å². The predicted octanol–water partition coefficient (Wildman–Crippen LogP) is 6.47. The highest BCUT2D eigenvalue weighted by Crippen LogP contribution is 2.67. The van der Waals surface area contributed by atoms with Gasteiger partial charge in [0.25, 0.3) is 0 Å². The maximum Gasteiger partial charge on any atom is 0.308 e. The Balaban J connectivity index is 1.33. The minimum atomic E-state index is -0.143. The van der Waals surface area contributed by atoms with Gasteiger partial charge in [0.05, 0.1) is 5.92 Å². The molecule has 4 aliphatic carbocycles. The number of carbonyl (C=O) groups is 2. The van der Waals surface area contributed by atoms with E-state index in [1.165, 1.54) is 39.0 Å². The van der Waals surface area contributed by atoms with E-state index in [4.69, 9.17) is 9.47 Å². The minimum Gasteiger partial charge on any atom is -0.462 e. The van der Waals surface area contributed by atoms with Crippen molar-refractivity contribution in [2.75, 3.05) is 0 Å². The van der Waals surface area contributed by atoms with Crippen molar-refractivity contribution >= 4 is 11.9 Å². The maximum atomic E-state index is 12.3. The van der Waals surface area contributed by atoms with Gasteiger partial charge in [0.15, 0.2) is 0 Å². The second-order valence-corrected chi connectivity index (χ2v) is 12.8. The van der Waals surface area contributed by atoms with Crippen LogP contribution in [-0.2, 0) is 19.1 Å². The molecule has 4 heteroatoms. The first-order valence-electron chi connectivity index (χ1n) is 13.7. The van der Waals surface area contributed by atoms with E-state index in [0.29, 0.717) is 17.3 Å². The Morgan fingerprint density at radius 2 is 1.88 bits per heavy atom. The fourth-order valence-electron chi connectivity index (χ4n) is 9.35. The van der Waals surface area contributed by atoms with Crippen LogP contribution in [0.15, 0.2) is 11.6 Å². The fourth-order valence-corrected chi connectivity index (χ4v) is 9.35. The van der Waals surface area contributed by atoms with Crippen molar-refractivity contribution in [2.45, 2.75) is 111 Å². The van der Waals surface area contributed by atoms with Crippen LogP contribution in [0.3, 0.4) is 0 Å². The number of carbonyl (C=O) groups excluding carboxylic acids is 2. The van der Waals surface area contributed by atoms with Gasteiger partial charge in [0.2, 0.25) is 0 Å². The second-order valence-electron chi connectivity index (χ2n) is 12.8. The van der Waals surface area contributed by atoms with E-state index < -0.39 is 0 Å². The molecule has 0 N–H and O–H groups in total. The van der Waals surface area contributed by atoms with Crippen LogP contribution >= 0.6 is 0 Å². The third kappa shape index (κ3) is 3.78. The number of rotatable bonds is 3. The standard InChI is InChI=1S/C29H44O4/c1-17-6-11-26(33-27(17)31)18(2)23-9-10-24-22-8-7-20-16-21(32-19(3)30)12-14-28(20,4)25(22)13-15-29(23,24)5/h7,17-18,21-26H,6,8-16H2,1-5H3/t17-,18+,21+,22+,23-,24+,25+,26-,28+,29-/m1/s1. The number of allylic oxidation sites excluding steroid dienone is 1. The molecular weight excluding hydrogens is 412 g/mol. The average Bonchev–Trinajstić information content (AvgIpc) is 3.12. The summed E-state index contributed by atoms with van der Waals surface area (Å²) < 4.78 is 11.5. The van der Waals surface area contributed by atoms with E-state index >= 15 is 0 Å². The predicted molar refractivity (Wildman–Crippen MR) is 128 cm³/mol. The van der Waals surface area contributed by atoms with Gasteiger partial charge in [-0.2, -0.15) is 0 Å². The van der Waals surface area contributed by atoms with Crippen molar-refractivity contribution < 1.29 is 19.1 Å². The summed E-state index contributed by atoms with van der Waals surface area (Å²) in [6.45, 7) is 11.0. The molecule has 5 rings (SSSR count). The topological polar surface area (TPSA) is 52.6 Å². The van der Waals surface area contributed by atoms with Crippen molar-refractivity contribution in [1.29, 1.82) is 0 Å². The summed E-state index contributed by atoms with van der Waals surface area (Å²) in [7, 11) is 0. The summed E-state index contributed by atoms with van der Waals surface area (Å²) in [5.41, 5.74) is 2.21. The van der Waals surface area contributed by atoms with E-state index in [9.17, 15) is 9.59 Å². The molecule has 0 radical (unpaired) electrons. The first-order chi connectivity index (χ1) is 15.6. The van der Waals surface area contributed by atoms with Gasteiger partial charge < -0.3 is 9.47 Å². The fraction of sp³-hybridized carbons (Fsp3) is 0.862. The minimum absolute atomic E-state index is 0.0173. The Morgan fingerprint density at radius 1 is 1.09 bits per heavy atom. The van der Waals surface area contributed by atoms with Gasteiger partial charge in [0.1, 0.15) is 12.2 Å². The molecule has 0 aromatic heterocycles. The number of esters is 2. The molecule has 3 saturated carbocycles. The molecule has 0 bridgehead atoms. The number of ether oxygens (including phenoxy) is 2. The highest BCUT2D eigenvalue weighted by atomic mass is 16.5. The van der Waals surface area contributed by atoms with E-state index in [1.807, 2.05) is 6.92 Å². The lowest BCUT2D eigenvalue weighted by atomic mass is 9.47. The van der Waals surface area contributed by atoms with E-state index in [0.717, 1.165) is 49.9 Å². The molecule has 5 aliphatic rings. The van der Waals surface area contributed by atoms with Gasteiger partial charge in [-0.25, -0.2) is 0 Å². The Bertz CT molecular complexity index is 831. The molecule has 1 saturated heterocycles. The molecule has 0 aromatic carbocycles. The quantitative estimate of drug-likeness (QED) is 0.360. The van der Waals surface area contributed by atoms with Crippen molar-refractivity contribution in [2.24, 2.45) is 46.3 Å². The smallest absolute Gasteiger partial charge is 0.308 e. The van der Waals surface area contributed by atoms with E-state index in [-0.39, 0.29) is 35.5 Å². The van der Waals surface area contributed by atoms with Crippen LogP contribution in [0.2, 0.25) is 0 Å². The zero-order chi connectivity index (χ0) is 23.5. The summed E-state index contributed by atoms with van der Waals surface area (Å²) >= 11 is 0. The molecule has 33 heavy (non-hydrogen) atoms. The van der Waals surface area contributed by atoms with Gasteiger partial charge in [-0.3, -0.25) is 9.59 Å². The van der Waals surface area contributed by atoms with Gasteiger partial charge >= 0.3 is 11.9 Å². The zero-order valence-electron chi connectivity index (χ0n) is 21.4. The summed E-state index contributed by atoms with van der Waals surface area (Å²) in [4.78, 5) is 23.8. The average molecular weight is 457 g/mol. The summed E-state index contributed by atoms with van der Waals surface area (Å²) in [6.07, 6.45) is 14.3. The third-order valence-electron chi connectivity index (χ3n) is 11.2. The lowest BCUT2D eigenvalue weighted by molar-refractivity contribution is -0.166. The Morgan fingerprint density at radius 3 is 2.61 bits per heavy atom. The molecule has 0 amide bonds. The number of cyclic esters (lactones) is 1. The monoisotopic (exact) mass is 456 g/mol. The molecule has 1 heterocycles. The van der Waals surface area contributed by atoms with Gasteiger partial charge in [-0.05, 0) is 98.2 Å². The molecule has 0 spiro atoms. The lowest BCUT2D eigenvalue weighted by Gasteiger charge is -2.58. The summed E-state index contributed by atoms with van der Waals surface area (Å²) in [5, 5.41) is 0. The van der Waals surface area contributed by atoms with Crippen molar-refractivity contribution in [1.82, 2.24) is 0 Å². The molecule has 10 atom stereocenters. The zero-order valence-corrected chi connectivity index (χ0v) is 21.4. The van der Waals surface area contributed by atoms with E-state index in [2.05, 4.69) is 26.8 Å². The van der Waals surface area contributed by atoms with Crippen LogP contribution in [-0.4, -0.2) is 24.1 Å². The lowest BCUT2D eigenvalue weighted by Crippen LogP contribution is -2.51. The highest BCUT2D eigenvalue weighted by molar-refractivity contribution is 5.72. The number of hydrogen-bond acceptors (Lipinski definition) is 4. The Labute approximate surface area is 200 Å². The SMILES string of the molecule is CC(=O)O[C@H]1CC[C@@]2(C)C(=CC[C@H]3[C@@H]4CC[C@H]([C@H](C)[C@H]5CC[C@@H](C)C(=O)O5)[C@@]4(C)CC[C@@H]32)C1. The normalized spacial score (nSPS) is 48.0. The molecule has 0 unspecified atom stereocenters. The van der Waals surface area contributed by atoms with Gasteiger partial charge in [-0.15, -0.1) is 0 Å². The van der Waals surface area contributed by atoms with Crippen LogP contribution in [0.25, 0.3) is 0 Å². The second kappa shape index (κ2) is 8.41. The van der Waals surface area contributed by atoms with Crippen LogP contribution in [0.4, 0.5) is 0 Å². The van der Waals surface area contributed by atoms with Crippen LogP contribution in [0, 0.1) is 46.3 Å². The molecule has 0 aromatic rings. The van der Waals surface area contributed by atoms with Crippen LogP contribution in [0.5, 0.6) is 0 Å². The third-order valence-corrected chi connectivity index (χ3v) is 11.2. The largest absolute Gasteiger partial charge is 0.462 e. The number of hydrogen-bond donors (Lipinski definition) is 0. The summed E-state index contributed by atoms with van der Waals surface area (Å²) in [5.74, 6) is 3.37. The molecule has 4 fully saturated rings. The Kier molecular flexibility index (Phi) is 5.97. The first-order valence-corrected chi connectivity index (χ1v) is 13.7. The van der Waals surface area contributed by atoms with Crippen molar-refractivity contribution in [3.05, 3.63) is 11.6 Å². The molecule has 1 aliphatic heterocycles. The molecule has 4 nitrogen and oxygen atoms in total. The Hall–Kier alpha value is -1.32. The maximum absolute atomic E-state index is 12.3. The van der Waals surface area contributed by atoms with Crippen molar-refractivity contribution in [3.8, 4) is 0 Å². The highest BCUT2D eigenvalue weighted by Gasteiger charge is 2.60. The van der Waals surface area contributed by atoms with Crippen molar-refractivity contribution in [3.63, 3.8) is 0 Å². The van der Waals surface area contributed by atoms with Gasteiger partial charge in [-0.1, -0.05) is 39.3 Å². The molecular formula is C29H44O4.